The summed E-state index contributed by atoms with van der Waals surface area (Å²) in [4.78, 5) is 32.2. The van der Waals surface area contributed by atoms with E-state index in [2.05, 4.69) is 10.5 Å². The molecule has 0 aliphatic carbocycles. The van der Waals surface area contributed by atoms with Crippen molar-refractivity contribution < 1.29 is 9.63 Å². The molecule has 3 rings (SSSR count). The van der Waals surface area contributed by atoms with Gasteiger partial charge in [0.1, 0.15) is 0 Å². The van der Waals surface area contributed by atoms with Crippen LogP contribution in [0.2, 0.25) is 0 Å². The average molecular weight is 320 g/mol. The van der Waals surface area contributed by atoms with Gasteiger partial charge in [-0.3, -0.25) is 14.4 Å². The van der Waals surface area contributed by atoms with Gasteiger partial charge in [-0.2, -0.15) is 0 Å². The molecule has 0 unspecified atom stereocenters. The van der Waals surface area contributed by atoms with Gasteiger partial charge in [0.25, 0.3) is 11.5 Å². The number of rotatable bonds is 5. The molecular weight excluding hydrogens is 304 g/mol. The van der Waals surface area contributed by atoms with Crippen LogP contribution in [0.3, 0.4) is 0 Å². The molecule has 0 bridgehead atoms. The fourth-order valence-corrected chi connectivity index (χ4v) is 2.36. The molecule has 5 heteroatoms. The maximum Gasteiger partial charge on any atom is 0.275 e. The molecule has 0 aliphatic rings. The van der Waals surface area contributed by atoms with Gasteiger partial charge in [-0.25, -0.2) is 5.48 Å². The number of amides is 1. The molecule has 0 atom stereocenters. The Morgan fingerprint density at radius 2 is 1.62 bits per heavy atom. The van der Waals surface area contributed by atoms with Gasteiger partial charge in [0.2, 0.25) is 0 Å². The SMILES string of the molecule is O=C(NOCc1ccccc1)c1ccccc1-c1ccc[nH]c1=O. The highest BCUT2D eigenvalue weighted by atomic mass is 16.6. The van der Waals surface area contributed by atoms with Crippen molar-refractivity contribution in [1.82, 2.24) is 10.5 Å². The monoisotopic (exact) mass is 320 g/mol. The van der Waals surface area contributed by atoms with Gasteiger partial charge in [-0.1, -0.05) is 48.5 Å². The molecular formula is C19H16N2O3. The van der Waals surface area contributed by atoms with Crippen molar-refractivity contribution in [3.8, 4) is 11.1 Å². The summed E-state index contributed by atoms with van der Waals surface area (Å²) in [6.07, 6.45) is 1.55. The maximum atomic E-state index is 12.4. The van der Waals surface area contributed by atoms with Gasteiger partial charge in [0.05, 0.1) is 6.61 Å². The summed E-state index contributed by atoms with van der Waals surface area (Å²) >= 11 is 0. The molecule has 3 aromatic rings. The Morgan fingerprint density at radius 3 is 2.42 bits per heavy atom. The van der Waals surface area contributed by atoms with Crippen molar-refractivity contribution in [3.63, 3.8) is 0 Å². The van der Waals surface area contributed by atoms with Gasteiger partial charge in [0, 0.05) is 17.3 Å². The third-order valence-corrected chi connectivity index (χ3v) is 3.53. The summed E-state index contributed by atoms with van der Waals surface area (Å²) in [5.41, 5.74) is 4.50. The molecule has 0 fully saturated rings. The summed E-state index contributed by atoms with van der Waals surface area (Å²) in [5, 5.41) is 0. The number of H-pyrrole nitrogens is 1. The zero-order valence-corrected chi connectivity index (χ0v) is 12.9. The van der Waals surface area contributed by atoms with Gasteiger partial charge in [-0.05, 0) is 29.3 Å². The molecule has 0 saturated carbocycles. The topological polar surface area (TPSA) is 71.2 Å². The molecule has 2 N–H and O–H groups in total. The van der Waals surface area contributed by atoms with E-state index in [0.717, 1.165) is 5.56 Å². The van der Waals surface area contributed by atoms with Crippen molar-refractivity contribution >= 4 is 5.91 Å². The highest BCUT2D eigenvalue weighted by Crippen LogP contribution is 2.20. The number of aromatic nitrogens is 1. The second-order valence-electron chi connectivity index (χ2n) is 5.16. The smallest absolute Gasteiger partial charge is 0.275 e. The zero-order chi connectivity index (χ0) is 16.8. The quantitative estimate of drug-likeness (QED) is 0.710. The lowest BCUT2D eigenvalue weighted by Gasteiger charge is -2.10. The van der Waals surface area contributed by atoms with Crippen LogP contribution in [-0.2, 0) is 11.4 Å². The van der Waals surface area contributed by atoms with E-state index in [1.807, 2.05) is 30.3 Å². The number of carbonyl (C=O) groups is 1. The fraction of sp³-hybridized carbons (Fsp3) is 0.0526. The van der Waals surface area contributed by atoms with Crippen molar-refractivity contribution in [3.05, 3.63) is 94.4 Å². The van der Waals surface area contributed by atoms with E-state index < -0.39 is 5.91 Å². The molecule has 5 nitrogen and oxygen atoms in total. The standard InChI is InChI=1S/C19H16N2O3/c22-18-16(11-6-12-20-18)15-9-4-5-10-17(15)19(23)21-24-13-14-7-2-1-3-8-14/h1-12H,13H2,(H,20,22)(H,21,23). The van der Waals surface area contributed by atoms with Crippen LogP contribution in [0.4, 0.5) is 0 Å². The van der Waals surface area contributed by atoms with Crippen LogP contribution in [0.1, 0.15) is 15.9 Å². The van der Waals surface area contributed by atoms with E-state index in [1.165, 1.54) is 0 Å². The number of aromatic amines is 1. The lowest BCUT2D eigenvalue weighted by Crippen LogP contribution is -2.24. The minimum absolute atomic E-state index is 0.247. The molecule has 0 radical (unpaired) electrons. The van der Waals surface area contributed by atoms with Crippen LogP contribution in [0.25, 0.3) is 11.1 Å². The Bertz CT molecular complexity index is 888. The molecule has 1 heterocycles. The molecule has 0 spiro atoms. The van der Waals surface area contributed by atoms with Gasteiger partial charge >= 0.3 is 0 Å². The molecule has 0 saturated heterocycles. The van der Waals surface area contributed by atoms with Gasteiger partial charge < -0.3 is 4.98 Å². The second kappa shape index (κ2) is 7.39. The van der Waals surface area contributed by atoms with Crippen LogP contribution in [-0.4, -0.2) is 10.9 Å². The van der Waals surface area contributed by atoms with Crippen LogP contribution in [0.5, 0.6) is 0 Å². The second-order valence-corrected chi connectivity index (χ2v) is 5.16. The van der Waals surface area contributed by atoms with E-state index in [4.69, 9.17) is 4.84 Å². The van der Waals surface area contributed by atoms with Gasteiger partial charge in [0.15, 0.2) is 0 Å². The van der Waals surface area contributed by atoms with E-state index in [-0.39, 0.29) is 12.2 Å². The Balaban J connectivity index is 1.76. The number of hydrogen-bond donors (Lipinski definition) is 2. The summed E-state index contributed by atoms with van der Waals surface area (Å²) in [5.74, 6) is -0.398. The highest BCUT2D eigenvalue weighted by Gasteiger charge is 2.14. The average Bonchev–Trinajstić information content (AvgIpc) is 2.63. The summed E-state index contributed by atoms with van der Waals surface area (Å²) in [6.45, 7) is 0.265. The van der Waals surface area contributed by atoms with E-state index >= 15 is 0 Å². The number of carbonyl (C=O) groups excluding carboxylic acids is 1. The predicted molar refractivity (Wildman–Crippen MR) is 91.2 cm³/mol. The normalized spacial score (nSPS) is 10.3. The third-order valence-electron chi connectivity index (χ3n) is 3.53. The number of hydroxylamine groups is 1. The molecule has 0 aliphatic heterocycles. The molecule has 1 amide bonds. The van der Waals surface area contributed by atoms with Crippen LogP contribution in [0, 0.1) is 0 Å². The maximum absolute atomic E-state index is 12.4. The van der Waals surface area contributed by atoms with E-state index in [9.17, 15) is 9.59 Å². The molecule has 1 aromatic heterocycles. The lowest BCUT2D eigenvalue weighted by atomic mass is 10.0. The van der Waals surface area contributed by atoms with Crippen LogP contribution >= 0.6 is 0 Å². The number of hydrogen-bond acceptors (Lipinski definition) is 3. The first-order chi connectivity index (χ1) is 11.8. The summed E-state index contributed by atoms with van der Waals surface area (Å²) in [7, 11) is 0. The van der Waals surface area contributed by atoms with Crippen LogP contribution in [0.15, 0.2) is 77.7 Å². The zero-order valence-electron chi connectivity index (χ0n) is 12.9. The van der Waals surface area contributed by atoms with Crippen LogP contribution < -0.4 is 11.0 Å². The summed E-state index contributed by atoms with van der Waals surface area (Å²) < 4.78 is 0. The molecule has 2 aromatic carbocycles. The minimum Gasteiger partial charge on any atom is -0.329 e. The minimum atomic E-state index is -0.398. The first-order valence-corrected chi connectivity index (χ1v) is 7.49. The Labute approximate surface area is 138 Å². The van der Waals surface area contributed by atoms with Crippen molar-refractivity contribution in [2.24, 2.45) is 0 Å². The first kappa shape index (κ1) is 15.7. The first-order valence-electron chi connectivity index (χ1n) is 7.49. The Kier molecular flexibility index (Phi) is 4.84. The highest BCUT2D eigenvalue weighted by molar-refractivity contribution is 6.00. The van der Waals surface area contributed by atoms with Gasteiger partial charge in [-0.15, -0.1) is 0 Å². The van der Waals surface area contributed by atoms with E-state index in [0.29, 0.717) is 16.7 Å². The number of pyridine rings is 1. The third kappa shape index (κ3) is 3.59. The predicted octanol–water partition coefficient (Wildman–Crippen LogP) is 2.90. The summed E-state index contributed by atoms with van der Waals surface area (Å²) in [6, 6.07) is 19.8. The van der Waals surface area contributed by atoms with Crippen molar-refractivity contribution in [2.75, 3.05) is 0 Å². The number of benzene rings is 2. The van der Waals surface area contributed by atoms with Crippen molar-refractivity contribution in [1.29, 1.82) is 0 Å². The van der Waals surface area contributed by atoms with E-state index in [1.54, 1.807) is 42.6 Å². The molecule has 24 heavy (non-hydrogen) atoms. The Morgan fingerprint density at radius 1 is 0.917 bits per heavy atom. The number of nitrogens with one attached hydrogen (secondary N) is 2. The lowest BCUT2D eigenvalue weighted by molar-refractivity contribution is 0.0234. The van der Waals surface area contributed by atoms with Crippen molar-refractivity contribution in [2.45, 2.75) is 6.61 Å². The largest absolute Gasteiger partial charge is 0.329 e. The Hall–Kier alpha value is -3.18. The fourth-order valence-electron chi connectivity index (χ4n) is 2.36. The molecule has 120 valence electrons.